The van der Waals surface area contributed by atoms with Crippen LogP contribution in [0.2, 0.25) is 0 Å². The number of amides is 2. The molecule has 0 saturated heterocycles. The Morgan fingerprint density at radius 1 is 0.944 bits per heavy atom. The van der Waals surface area contributed by atoms with E-state index in [0.717, 1.165) is 52.6 Å². The molecule has 1 unspecified atom stereocenters. The van der Waals surface area contributed by atoms with Crippen LogP contribution in [0.15, 0.2) is 83.3 Å². The van der Waals surface area contributed by atoms with Crippen LogP contribution in [-0.2, 0) is 29.0 Å². The van der Waals surface area contributed by atoms with Gasteiger partial charge in [0.25, 0.3) is 0 Å². The predicted octanol–water partition coefficient (Wildman–Crippen LogP) is 5.70. The minimum atomic E-state index is -0.613. The van der Waals surface area contributed by atoms with Crippen molar-refractivity contribution in [3.8, 4) is 5.75 Å². The summed E-state index contributed by atoms with van der Waals surface area (Å²) < 4.78 is 6.20. The molecule has 36 heavy (non-hydrogen) atoms. The van der Waals surface area contributed by atoms with E-state index in [1.807, 2.05) is 78.9 Å². The van der Waals surface area contributed by atoms with Crippen molar-refractivity contribution < 1.29 is 14.3 Å². The molecule has 2 amide bonds. The molecule has 4 rings (SSSR count). The number of benzene rings is 3. The number of ether oxygens (including phenoxy) is 1. The molecule has 1 atom stereocenters. The predicted molar refractivity (Wildman–Crippen MR) is 146 cm³/mol. The molecule has 188 valence electrons. The summed E-state index contributed by atoms with van der Waals surface area (Å²) in [6.45, 7) is 0.351. The van der Waals surface area contributed by atoms with E-state index in [0.29, 0.717) is 13.0 Å². The van der Waals surface area contributed by atoms with Crippen molar-refractivity contribution in [2.45, 2.75) is 57.2 Å². The Balaban J connectivity index is 1.64. The summed E-state index contributed by atoms with van der Waals surface area (Å²) in [5.41, 5.74) is 2.88. The molecular weight excluding hydrogens is 516 g/mol. The van der Waals surface area contributed by atoms with Gasteiger partial charge in [0.1, 0.15) is 11.8 Å². The lowest BCUT2D eigenvalue weighted by Crippen LogP contribution is -2.52. The fourth-order valence-electron chi connectivity index (χ4n) is 4.77. The molecule has 3 aromatic rings. The van der Waals surface area contributed by atoms with Crippen molar-refractivity contribution in [2.24, 2.45) is 0 Å². The minimum absolute atomic E-state index is 0.0798. The number of carbonyl (C=O) groups excluding carboxylic acids is 2. The fourth-order valence-corrected chi connectivity index (χ4v) is 5.22. The zero-order chi connectivity index (χ0) is 25.3. The van der Waals surface area contributed by atoms with Crippen molar-refractivity contribution in [1.29, 1.82) is 0 Å². The molecule has 0 bridgehead atoms. The standard InChI is InChI=1S/C30H33BrN2O3/c1-36-27-16-14-23(15-17-27)20-29(34)33(21-24-10-7-11-25(31)18-24)28(19-22-8-3-2-4-9-22)30(35)32-26-12-5-6-13-26/h2-4,7-11,14-18,26,28H,5-6,12-13,19-21H2,1H3,(H,32,35). The highest BCUT2D eigenvalue weighted by Gasteiger charge is 2.32. The third-order valence-electron chi connectivity index (χ3n) is 6.73. The third-order valence-corrected chi connectivity index (χ3v) is 7.22. The maximum atomic E-state index is 13.8. The SMILES string of the molecule is COc1ccc(CC(=O)N(Cc2cccc(Br)c2)C(Cc2ccccc2)C(=O)NC2CCCC2)cc1. The molecule has 0 spiro atoms. The lowest BCUT2D eigenvalue weighted by Gasteiger charge is -2.32. The number of halogens is 1. The maximum absolute atomic E-state index is 13.8. The summed E-state index contributed by atoms with van der Waals surface area (Å²) in [7, 11) is 1.62. The number of nitrogens with zero attached hydrogens (tertiary/aromatic N) is 1. The van der Waals surface area contributed by atoms with E-state index in [1.54, 1.807) is 12.0 Å². The van der Waals surface area contributed by atoms with Crippen LogP contribution >= 0.6 is 15.9 Å². The molecule has 0 aliphatic heterocycles. The van der Waals surface area contributed by atoms with Crippen molar-refractivity contribution in [2.75, 3.05) is 7.11 Å². The minimum Gasteiger partial charge on any atom is -0.497 e. The number of nitrogens with one attached hydrogen (secondary N) is 1. The van der Waals surface area contributed by atoms with Gasteiger partial charge in [0.2, 0.25) is 11.8 Å². The lowest BCUT2D eigenvalue weighted by molar-refractivity contribution is -0.141. The highest BCUT2D eigenvalue weighted by Crippen LogP contribution is 2.22. The summed E-state index contributed by atoms with van der Waals surface area (Å²) in [6, 6.07) is 24.9. The first-order valence-corrected chi connectivity index (χ1v) is 13.3. The van der Waals surface area contributed by atoms with E-state index < -0.39 is 6.04 Å². The summed E-state index contributed by atoms with van der Waals surface area (Å²) in [6.07, 6.45) is 4.92. The van der Waals surface area contributed by atoms with Gasteiger partial charge >= 0.3 is 0 Å². The summed E-state index contributed by atoms with van der Waals surface area (Å²) in [4.78, 5) is 29.3. The lowest BCUT2D eigenvalue weighted by atomic mass is 10.0. The van der Waals surface area contributed by atoms with Gasteiger partial charge in [-0.05, 0) is 53.8 Å². The fraction of sp³-hybridized carbons (Fsp3) is 0.333. The van der Waals surface area contributed by atoms with E-state index in [-0.39, 0.29) is 24.3 Å². The van der Waals surface area contributed by atoms with E-state index in [2.05, 4.69) is 21.2 Å². The molecule has 5 nitrogen and oxygen atoms in total. The molecule has 1 N–H and O–H groups in total. The smallest absolute Gasteiger partial charge is 0.243 e. The van der Waals surface area contributed by atoms with E-state index in [9.17, 15) is 9.59 Å². The molecular formula is C30H33BrN2O3. The zero-order valence-corrected chi connectivity index (χ0v) is 22.2. The Morgan fingerprint density at radius 3 is 2.31 bits per heavy atom. The highest BCUT2D eigenvalue weighted by atomic mass is 79.9. The van der Waals surface area contributed by atoms with E-state index in [4.69, 9.17) is 4.74 Å². The van der Waals surface area contributed by atoms with Crippen molar-refractivity contribution in [3.05, 3.63) is 100 Å². The Hall–Kier alpha value is -3.12. The molecule has 1 aliphatic rings. The van der Waals surface area contributed by atoms with Crippen LogP contribution in [-0.4, -0.2) is 35.9 Å². The van der Waals surface area contributed by atoms with Gasteiger partial charge in [-0.3, -0.25) is 9.59 Å². The normalized spacial score (nSPS) is 14.3. The van der Waals surface area contributed by atoms with E-state index in [1.165, 1.54) is 0 Å². The molecule has 6 heteroatoms. The van der Waals surface area contributed by atoms with Gasteiger partial charge in [-0.1, -0.05) is 83.4 Å². The maximum Gasteiger partial charge on any atom is 0.243 e. The molecule has 1 fully saturated rings. The average molecular weight is 550 g/mol. The number of hydrogen-bond donors (Lipinski definition) is 1. The monoisotopic (exact) mass is 548 g/mol. The van der Waals surface area contributed by atoms with Gasteiger partial charge < -0.3 is 15.0 Å². The molecule has 0 radical (unpaired) electrons. The second-order valence-electron chi connectivity index (χ2n) is 9.37. The molecule has 1 saturated carbocycles. The van der Waals surface area contributed by atoms with E-state index >= 15 is 0 Å². The van der Waals surface area contributed by atoms with Crippen molar-refractivity contribution in [1.82, 2.24) is 10.2 Å². The first-order valence-electron chi connectivity index (χ1n) is 12.5. The molecule has 0 heterocycles. The van der Waals surface area contributed by atoms with Gasteiger partial charge in [0.05, 0.1) is 13.5 Å². The van der Waals surface area contributed by atoms with Crippen LogP contribution in [0.4, 0.5) is 0 Å². The number of carbonyl (C=O) groups is 2. The van der Waals surface area contributed by atoms with Crippen LogP contribution in [0.1, 0.15) is 42.4 Å². The Morgan fingerprint density at radius 2 is 1.64 bits per heavy atom. The number of rotatable bonds is 10. The van der Waals surface area contributed by atoms with Crippen molar-refractivity contribution in [3.63, 3.8) is 0 Å². The Kier molecular flexibility index (Phi) is 9.17. The summed E-state index contributed by atoms with van der Waals surface area (Å²) in [5.74, 6) is 0.585. The summed E-state index contributed by atoms with van der Waals surface area (Å²) in [5, 5.41) is 3.25. The largest absolute Gasteiger partial charge is 0.497 e. The van der Waals surface area contributed by atoms with Crippen LogP contribution in [0, 0.1) is 0 Å². The second kappa shape index (κ2) is 12.7. The second-order valence-corrected chi connectivity index (χ2v) is 10.3. The highest BCUT2D eigenvalue weighted by molar-refractivity contribution is 9.10. The Labute approximate surface area is 222 Å². The summed E-state index contributed by atoms with van der Waals surface area (Å²) >= 11 is 3.54. The zero-order valence-electron chi connectivity index (χ0n) is 20.7. The molecule has 3 aromatic carbocycles. The first-order chi connectivity index (χ1) is 17.5. The average Bonchev–Trinajstić information content (AvgIpc) is 3.40. The molecule has 0 aromatic heterocycles. The van der Waals surface area contributed by atoms with Gasteiger partial charge in [-0.15, -0.1) is 0 Å². The third kappa shape index (κ3) is 7.20. The quantitative estimate of drug-likeness (QED) is 0.353. The van der Waals surface area contributed by atoms with Crippen LogP contribution < -0.4 is 10.1 Å². The number of methoxy groups -OCH3 is 1. The van der Waals surface area contributed by atoms with Gasteiger partial charge in [-0.2, -0.15) is 0 Å². The van der Waals surface area contributed by atoms with Gasteiger partial charge in [-0.25, -0.2) is 0 Å². The number of hydrogen-bond acceptors (Lipinski definition) is 3. The van der Waals surface area contributed by atoms with Crippen LogP contribution in [0.5, 0.6) is 5.75 Å². The van der Waals surface area contributed by atoms with Crippen molar-refractivity contribution >= 4 is 27.7 Å². The first kappa shape index (κ1) is 26.0. The topological polar surface area (TPSA) is 58.6 Å². The van der Waals surface area contributed by atoms with Crippen LogP contribution in [0.25, 0.3) is 0 Å². The molecule has 1 aliphatic carbocycles. The van der Waals surface area contributed by atoms with Crippen LogP contribution in [0.3, 0.4) is 0 Å². The van der Waals surface area contributed by atoms with Gasteiger partial charge in [0, 0.05) is 23.5 Å². The Bertz CT molecular complexity index is 1140. The van der Waals surface area contributed by atoms with Gasteiger partial charge in [0.15, 0.2) is 0 Å².